The summed E-state index contributed by atoms with van der Waals surface area (Å²) in [6.45, 7) is 0.267. The van der Waals surface area contributed by atoms with Crippen LogP contribution in [0.4, 0.5) is 0 Å². The molecule has 0 saturated carbocycles. The van der Waals surface area contributed by atoms with E-state index in [9.17, 15) is 14.7 Å². The lowest BCUT2D eigenvalue weighted by Gasteiger charge is -2.06. The number of phenolic OH excluding ortho intramolecular Hbond substituents is 1. The van der Waals surface area contributed by atoms with Crippen LogP contribution in [0.15, 0.2) is 59.7 Å². The molecule has 24 heavy (non-hydrogen) atoms. The molecule has 1 amide bonds. The quantitative estimate of drug-likeness (QED) is 0.674. The second-order valence-corrected chi connectivity index (χ2v) is 5.09. The van der Waals surface area contributed by atoms with Crippen molar-refractivity contribution in [3.8, 4) is 17.0 Å². The average molecular weight is 322 g/mol. The summed E-state index contributed by atoms with van der Waals surface area (Å²) in [5.74, 6) is -0.375. The fourth-order valence-corrected chi connectivity index (χ4v) is 2.13. The molecule has 2 heterocycles. The fraction of sp³-hybridized carbons (Fsp3) is 0.0588. The lowest BCUT2D eigenvalue weighted by Crippen LogP contribution is -2.29. The highest BCUT2D eigenvalue weighted by atomic mass is 16.3. The minimum absolute atomic E-state index is 0.0306. The van der Waals surface area contributed by atoms with Crippen molar-refractivity contribution in [2.45, 2.75) is 6.54 Å². The first-order valence-electron chi connectivity index (χ1n) is 7.20. The molecule has 0 fully saturated rings. The van der Waals surface area contributed by atoms with Gasteiger partial charge in [-0.25, -0.2) is 5.10 Å². The second kappa shape index (κ2) is 6.74. The van der Waals surface area contributed by atoms with Crippen LogP contribution in [0.3, 0.4) is 0 Å². The smallest absolute Gasteiger partial charge is 0.277 e. The zero-order valence-corrected chi connectivity index (χ0v) is 12.6. The van der Waals surface area contributed by atoms with Crippen molar-refractivity contribution in [1.82, 2.24) is 20.5 Å². The minimum Gasteiger partial charge on any atom is -0.508 e. The molecule has 0 aliphatic carbocycles. The van der Waals surface area contributed by atoms with Crippen molar-refractivity contribution in [3.05, 3.63) is 76.3 Å². The maximum Gasteiger partial charge on any atom is 0.277 e. The topological polar surface area (TPSA) is 108 Å². The number of aromatic hydroxyl groups is 1. The molecule has 2 aromatic heterocycles. The van der Waals surface area contributed by atoms with Crippen LogP contribution in [0.25, 0.3) is 11.3 Å². The number of amides is 1. The number of hydrogen-bond acceptors (Lipinski definition) is 5. The Morgan fingerprint density at radius 1 is 1.21 bits per heavy atom. The number of phenols is 1. The van der Waals surface area contributed by atoms with Gasteiger partial charge in [-0.1, -0.05) is 6.07 Å². The molecule has 0 saturated heterocycles. The number of nitrogens with zero attached hydrogens (tertiary/aromatic N) is 2. The first-order valence-corrected chi connectivity index (χ1v) is 7.20. The standard InChI is InChI=1S/C17H14N4O3/c22-13-5-3-12(4-6-13)15-8-14(17(24)21-20-15)16(23)19-10-11-2-1-7-18-9-11/h1-9,22H,10H2,(H,19,23)(H,21,24). The van der Waals surface area contributed by atoms with Crippen LogP contribution >= 0.6 is 0 Å². The predicted octanol–water partition coefficient (Wildman–Crippen LogP) is 1.47. The summed E-state index contributed by atoms with van der Waals surface area (Å²) in [6.07, 6.45) is 3.28. The third-order valence-electron chi connectivity index (χ3n) is 3.39. The molecule has 0 radical (unpaired) electrons. The number of aromatic amines is 1. The van der Waals surface area contributed by atoms with Gasteiger partial charge in [0.25, 0.3) is 11.5 Å². The van der Waals surface area contributed by atoms with Gasteiger partial charge in [0.2, 0.25) is 0 Å². The zero-order chi connectivity index (χ0) is 16.9. The van der Waals surface area contributed by atoms with E-state index in [1.807, 2.05) is 6.07 Å². The van der Waals surface area contributed by atoms with Crippen LogP contribution in [-0.4, -0.2) is 26.2 Å². The molecule has 1 aromatic carbocycles. The summed E-state index contributed by atoms with van der Waals surface area (Å²) >= 11 is 0. The first-order chi connectivity index (χ1) is 11.6. The van der Waals surface area contributed by atoms with Gasteiger partial charge >= 0.3 is 0 Å². The van der Waals surface area contributed by atoms with Crippen LogP contribution in [0.2, 0.25) is 0 Å². The van der Waals surface area contributed by atoms with Crippen molar-refractivity contribution in [2.24, 2.45) is 0 Å². The largest absolute Gasteiger partial charge is 0.508 e. The Morgan fingerprint density at radius 3 is 2.71 bits per heavy atom. The third kappa shape index (κ3) is 3.46. The minimum atomic E-state index is -0.568. The van der Waals surface area contributed by atoms with E-state index in [0.717, 1.165) is 5.56 Å². The molecule has 0 bridgehead atoms. The number of rotatable bonds is 4. The van der Waals surface area contributed by atoms with Crippen LogP contribution < -0.4 is 10.9 Å². The summed E-state index contributed by atoms with van der Waals surface area (Å²) in [5.41, 5.74) is 1.33. The first kappa shape index (κ1) is 15.4. The normalized spacial score (nSPS) is 10.3. The Labute approximate surface area is 137 Å². The van der Waals surface area contributed by atoms with Crippen molar-refractivity contribution in [2.75, 3.05) is 0 Å². The van der Waals surface area contributed by atoms with E-state index in [0.29, 0.717) is 11.3 Å². The van der Waals surface area contributed by atoms with E-state index in [1.165, 1.54) is 18.2 Å². The number of carbonyl (C=O) groups excluding carboxylic acids is 1. The molecule has 3 rings (SSSR count). The van der Waals surface area contributed by atoms with Gasteiger partial charge in [-0.15, -0.1) is 0 Å². The molecule has 7 heteroatoms. The summed E-state index contributed by atoms with van der Waals surface area (Å²) in [4.78, 5) is 28.1. The van der Waals surface area contributed by atoms with Gasteiger partial charge < -0.3 is 10.4 Å². The number of aromatic nitrogens is 3. The number of benzene rings is 1. The van der Waals surface area contributed by atoms with E-state index in [4.69, 9.17) is 0 Å². The number of nitrogens with one attached hydrogen (secondary N) is 2. The Balaban J connectivity index is 1.82. The molecule has 0 unspecified atom stereocenters. The molecule has 0 atom stereocenters. The molecular weight excluding hydrogens is 308 g/mol. The zero-order valence-electron chi connectivity index (χ0n) is 12.6. The summed E-state index contributed by atoms with van der Waals surface area (Å²) in [7, 11) is 0. The van der Waals surface area contributed by atoms with Gasteiger partial charge in [-0.05, 0) is 42.0 Å². The highest BCUT2D eigenvalue weighted by Gasteiger charge is 2.13. The highest BCUT2D eigenvalue weighted by Crippen LogP contribution is 2.19. The molecule has 3 aromatic rings. The molecular formula is C17H14N4O3. The average Bonchev–Trinajstić information content (AvgIpc) is 2.62. The maximum absolute atomic E-state index is 12.3. The number of H-pyrrole nitrogens is 1. The summed E-state index contributed by atoms with van der Waals surface area (Å²) in [5, 5.41) is 18.2. The molecule has 0 spiro atoms. The Hall–Kier alpha value is -3.48. The predicted molar refractivity (Wildman–Crippen MR) is 87.4 cm³/mol. The van der Waals surface area contributed by atoms with E-state index in [-0.39, 0.29) is 17.9 Å². The highest BCUT2D eigenvalue weighted by molar-refractivity contribution is 5.94. The lowest BCUT2D eigenvalue weighted by atomic mass is 10.1. The number of carbonyl (C=O) groups is 1. The Morgan fingerprint density at radius 2 is 2.00 bits per heavy atom. The van der Waals surface area contributed by atoms with Crippen LogP contribution in [0, 0.1) is 0 Å². The van der Waals surface area contributed by atoms with Crippen LogP contribution in [0.5, 0.6) is 5.75 Å². The van der Waals surface area contributed by atoms with Gasteiger partial charge in [0.1, 0.15) is 11.3 Å². The third-order valence-corrected chi connectivity index (χ3v) is 3.39. The molecule has 120 valence electrons. The van der Waals surface area contributed by atoms with Gasteiger partial charge in [-0.3, -0.25) is 14.6 Å². The summed E-state index contributed by atoms with van der Waals surface area (Å²) in [6, 6.07) is 11.3. The van der Waals surface area contributed by atoms with Gasteiger partial charge in [0.15, 0.2) is 0 Å². The van der Waals surface area contributed by atoms with Gasteiger partial charge in [-0.2, -0.15) is 5.10 Å². The molecule has 0 aliphatic rings. The molecule has 3 N–H and O–H groups in total. The van der Waals surface area contributed by atoms with Crippen molar-refractivity contribution < 1.29 is 9.90 Å². The van der Waals surface area contributed by atoms with Gasteiger partial charge in [0.05, 0.1) is 5.69 Å². The lowest BCUT2D eigenvalue weighted by molar-refractivity contribution is 0.0949. The summed E-state index contributed by atoms with van der Waals surface area (Å²) < 4.78 is 0. The van der Waals surface area contributed by atoms with E-state index < -0.39 is 11.5 Å². The number of hydrogen-bond donors (Lipinski definition) is 3. The van der Waals surface area contributed by atoms with E-state index >= 15 is 0 Å². The monoisotopic (exact) mass is 322 g/mol. The second-order valence-electron chi connectivity index (χ2n) is 5.09. The van der Waals surface area contributed by atoms with E-state index in [1.54, 1.807) is 30.6 Å². The molecule has 7 nitrogen and oxygen atoms in total. The Bertz CT molecular complexity index is 905. The van der Waals surface area contributed by atoms with Crippen molar-refractivity contribution >= 4 is 5.91 Å². The van der Waals surface area contributed by atoms with Crippen molar-refractivity contribution in [3.63, 3.8) is 0 Å². The SMILES string of the molecule is O=C(NCc1cccnc1)c1cc(-c2ccc(O)cc2)n[nH]c1=O. The number of pyridine rings is 1. The van der Waals surface area contributed by atoms with Crippen LogP contribution in [-0.2, 0) is 6.54 Å². The van der Waals surface area contributed by atoms with Crippen molar-refractivity contribution in [1.29, 1.82) is 0 Å². The van der Waals surface area contributed by atoms with Gasteiger partial charge in [0, 0.05) is 24.5 Å². The fourth-order valence-electron chi connectivity index (χ4n) is 2.13. The Kier molecular flexibility index (Phi) is 4.33. The maximum atomic E-state index is 12.3. The molecule has 0 aliphatic heterocycles. The van der Waals surface area contributed by atoms with Crippen LogP contribution in [0.1, 0.15) is 15.9 Å². The van der Waals surface area contributed by atoms with E-state index in [2.05, 4.69) is 20.5 Å².